The first-order chi connectivity index (χ1) is 8.65. The van der Waals surface area contributed by atoms with Crippen molar-refractivity contribution in [2.24, 2.45) is 0 Å². The van der Waals surface area contributed by atoms with E-state index >= 15 is 0 Å². The second-order valence-electron chi connectivity index (χ2n) is 4.44. The van der Waals surface area contributed by atoms with Gasteiger partial charge in [-0.3, -0.25) is 4.79 Å². The number of amides is 1. The minimum absolute atomic E-state index is 0.0519. The summed E-state index contributed by atoms with van der Waals surface area (Å²) in [6.45, 7) is 7.52. The lowest BCUT2D eigenvalue weighted by atomic mass is 10.3. The van der Waals surface area contributed by atoms with Gasteiger partial charge in [0.15, 0.2) is 0 Å². The van der Waals surface area contributed by atoms with Crippen LogP contribution in [0.3, 0.4) is 0 Å². The zero-order chi connectivity index (χ0) is 13.0. The molecular formula is C14H17N3O. The predicted molar refractivity (Wildman–Crippen MR) is 71.1 cm³/mol. The summed E-state index contributed by atoms with van der Waals surface area (Å²) in [5.41, 5.74) is 0.811. The lowest BCUT2D eigenvalue weighted by molar-refractivity contribution is -0.116. The van der Waals surface area contributed by atoms with Gasteiger partial charge < -0.3 is 15.1 Å². The Hall–Kier alpha value is -1.97. The molecule has 2 rings (SSSR count). The number of hydrogen-bond donors (Lipinski definition) is 1. The fourth-order valence-corrected chi connectivity index (χ4v) is 1.62. The zero-order valence-corrected chi connectivity index (χ0v) is 10.6. The molecule has 0 saturated carbocycles. The maximum Gasteiger partial charge on any atom is 0.243 e. The summed E-state index contributed by atoms with van der Waals surface area (Å²) in [7, 11) is 0. The third kappa shape index (κ3) is 3.26. The van der Waals surface area contributed by atoms with E-state index < -0.39 is 0 Å². The third-order valence-corrected chi connectivity index (χ3v) is 2.58. The highest BCUT2D eigenvalue weighted by Gasteiger charge is 2.18. The Morgan fingerprint density at radius 3 is 2.61 bits per heavy atom. The number of benzene rings is 1. The molecule has 1 aliphatic rings. The standard InChI is InChI=1S/C14H17N3O/c1-12(2)17-9-8-16(11-17)10-14(18)15-13-6-4-3-5-7-13/h3-9,12H,10H2,1-2H3,(H,15,18). The highest BCUT2D eigenvalue weighted by molar-refractivity contribution is 5.92. The van der Waals surface area contributed by atoms with Gasteiger partial charge in [0.2, 0.25) is 12.6 Å². The fraction of sp³-hybridized carbons (Fsp3) is 0.286. The van der Waals surface area contributed by atoms with Crippen LogP contribution in [0.2, 0.25) is 0 Å². The largest absolute Gasteiger partial charge is 0.344 e. The second-order valence-corrected chi connectivity index (χ2v) is 4.44. The number of nitrogens with one attached hydrogen (secondary N) is 1. The average Bonchev–Trinajstić information content (AvgIpc) is 2.78. The predicted octanol–water partition coefficient (Wildman–Crippen LogP) is 2.12. The van der Waals surface area contributed by atoms with Crippen molar-refractivity contribution in [1.29, 1.82) is 0 Å². The number of rotatable bonds is 4. The molecule has 0 saturated heterocycles. The summed E-state index contributed by atoms with van der Waals surface area (Å²) in [6, 6.07) is 9.79. The molecule has 94 valence electrons. The van der Waals surface area contributed by atoms with Crippen molar-refractivity contribution in [3.05, 3.63) is 49.4 Å². The smallest absolute Gasteiger partial charge is 0.243 e. The van der Waals surface area contributed by atoms with Crippen LogP contribution in [0.4, 0.5) is 5.69 Å². The van der Waals surface area contributed by atoms with Crippen molar-refractivity contribution in [2.45, 2.75) is 19.9 Å². The van der Waals surface area contributed by atoms with Gasteiger partial charge >= 0.3 is 0 Å². The monoisotopic (exact) mass is 243 g/mol. The van der Waals surface area contributed by atoms with Gasteiger partial charge in [-0.25, -0.2) is 0 Å². The van der Waals surface area contributed by atoms with Crippen LogP contribution in [0.1, 0.15) is 13.8 Å². The van der Waals surface area contributed by atoms with Crippen molar-refractivity contribution in [2.75, 3.05) is 11.9 Å². The van der Waals surface area contributed by atoms with Crippen LogP contribution in [0, 0.1) is 6.67 Å². The van der Waals surface area contributed by atoms with Crippen LogP contribution in [0.15, 0.2) is 42.7 Å². The third-order valence-electron chi connectivity index (χ3n) is 2.58. The molecular weight excluding hydrogens is 226 g/mol. The summed E-state index contributed by atoms with van der Waals surface area (Å²) in [5, 5.41) is 2.84. The van der Waals surface area contributed by atoms with Gasteiger partial charge in [0.1, 0.15) is 0 Å². The second kappa shape index (κ2) is 5.58. The lowest BCUT2D eigenvalue weighted by Crippen LogP contribution is -2.30. The molecule has 0 atom stereocenters. The number of nitrogens with zero attached hydrogens (tertiary/aromatic N) is 2. The average molecular weight is 243 g/mol. The van der Waals surface area contributed by atoms with Crippen LogP contribution >= 0.6 is 0 Å². The van der Waals surface area contributed by atoms with Gasteiger partial charge in [0.25, 0.3) is 0 Å². The van der Waals surface area contributed by atoms with Crippen molar-refractivity contribution >= 4 is 11.6 Å². The van der Waals surface area contributed by atoms with Crippen LogP contribution in [-0.4, -0.2) is 28.3 Å². The fourth-order valence-electron chi connectivity index (χ4n) is 1.62. The zero-order valence-electron chi connectivity index (χ0n) is 10.6. The molecule has 18 heavy (non-hydrogen) atoms. The van der Waals surface area contributed by atoms with E-state index in [0.717, 1.165) is 5.69 Å². The quantitative estimate of drug-likeness (QED) is 0.879. The lowest BCUT2D eigenvalue weighted by Gasteiger charge is -2.21. The van der Waals surface area contributed by atoms with Gasteiger partial charge in [-0.15, -0.1) is 0 Å². The maximum atomic E-state index is 11.8. The summed E-state index contributed by atoms with van der Waals surface area (Å²) in [5.74, 6) is -0.0519. The topological polar surface area (TPSA) is 35.6 Å². The Kier molecular flexibility index (Phi) is 3.87. The van der Waals surface area contributed by atoms with Crippen molar-refractivity contribution in [3.63, 3.8) is 0 Å². The Morgan fingerprint density at radius 1 is 1.28 bits per heavy atom. The van der Waals surface area contributed by atoms with E-state index in [0.29, 0.717) is 6.04 Å². The first-order valence-electron chi connectivity index (χ1n) is 5.99. The molecule has 1 aromatic carbocycles. The van der Waals surface area contributed by atoms with Gasteiger partial charge in [-0.05, 0) is 26.0 Å². The Morgan fingerprint density at radius 2 is 2.00 bits per heavy atom. The van der Waals surface area contributed by atoms with E-state index in [-0.39, 0.29) is 12.5 Å². The van der Waals surface area contributed by atoms with E-state index in [1.165, 1.54) is 0 Å². The van der Waals surface area contributed by atoms with Crippen LogP contribution < -0.4 is 5.32 Å². The molecule has 4 heteroatoms. The van der Waals surface area contributed by atoms with Crippen LogP contribution in [-0.2, 0) is 4.79 Å². The molecule has 0 bridgehead atoms. The molecule has 1 aromatic rings. The van der Waals surface area contributed by atoms with Gasteiger partial charge in [-0.1, -0.05) is 18.2 Å². The van der Waals surface area contributed by atoms with E-state index in [1.807, 2.05) is 47.6 Å². The molecule has 0 fully saturated rings. The molecule has 0 spiro atoms. The number of para-hydroxylation sites is 1. The number of carbonyl (C=O) groups excluding carboxylic acids is 1. The highest BCUT2D eigenvalue weighted by Crippen LogP contribution is 2.14. The van der Waals surface area contributed by atoms with Crippen molar-refractivity contribution in [3.8, 4) is 0 Å². The van der Waals surface area contributed by atoms with E-state index in [2.05, 4.69) is 25.8 Å². The summed E-state index contributed by atoms with van der Waals surface area (Å²) < 4.78 is 0. The molecule has 0 aliphatic carbocycles. The summed E-state index contributed by atoms with van der Waals surface area (Å²) in [4.78, 5) is 15.5. The Labute approximate surface area is 108 Å². The molecule has 1 heterocycles. The van der Waals surface area contributed by atoms with Crippen molar-refractivity contribution in [1.82, 2.24) is 9.80 Å². The molecule has 2 radical (unpaired) electrons. The first kappa shape index (κ1) is 12.5. The number of anilines is 1. The highest BCUT2D eigenvalue weighted by atomic mass is 16.2. The molecule has 1 N–H and O–H groups in total. The van der Waals surface area contributed by atoms with Crippen LogP contribution in [0.25, 0.3) is 0 Å². The Bertz CT molecular complexity index is 428. The maximum absolute atomic E-state index is 11.8. The number of hydrogen-bond acceptors (Lipinski definition) is 3. The molecule has 0 aromatic heterocycles. The Balaban J connectivity index is 1.81. The van der Waals surface area contributed by atoms with Crippen molar-refractivity contribution < 1.29 is 4.79 Å². The summed E-state index contributed by atoms with van der Waals surface area (Å²) in [6.07, 6.45) is 3.77. The molecule has 4 nitrogen and oxygen atoms in total. The van der Waals surface area contributed by atoms with Gasteiger partial charge in [0, 0.05) is 24.1 Å². The van der Waals surface area contributed by atoms with Gasteiger partial charge in [0.05, 0.1) is 6.54 Å². The molecule has 0 unspecified atom stereocenters. The number of carbonyl (C=O) groups is 1. The first-order valence-corrected chi connectivity index (χ1v) is 5.99. The summed E-state index contributed by atoms with van der Waals surface area (Å²) >= 11 is 0. The molecule has 1 aliphatic heterocycles. The van der Waals surface area contributed by atoms with Gasteiger partial charge in [-0.2, -0.15) is 0 Å². The molecule has 1 amide bonds. The normalized spacial score (nSPS) is 14.4. The van der Waals surface area contributed by atoms with E-state index in [1.54, 1.807) is 4.90 Å². The van der Waals surface area contributed by atoms with E-state index in [9.17, 15) is 4.79 Å². The van der Waals surface area contributed by atoms with Crippen LogP contribution in [0.5, 0.6) is 0 Å². The minimum Gasteiger partial charge on any atom is -0.344 e. The minimum atomic E-state index is -0.0519. The van der Waals surface area contributed by atoms with E-state index in [4.69, 9.17) is 0 Å². The SMILES string of the molecule is CC(C)N1[C]N(CC(=O)Nc2ccccc2)C=C1.